The molecule has 2 N–H and O–H groups in total. The molecule has 1 aromatic carbocycles. The van der Waals surface area contributed by atoms with Gasteiger partial charge in [-0.15, -0.1) is 0 Å². The maximum absolute atomic E-state index is 12.2. The Labute approximate surface area is 152 Å². The Hall–Kier alpha value is -1.46. The number of piperidine rings is 1. The molecule has 24 heavy (non-hydrogen) atoms. The smallest absolute Gasteiger partial charge is 0.317 e. The van der Waals surface area contributed by atoms with Crippen molar-refractivity contribution in [2.45, 2.75) is 38.6 Å². The van der Waals surface area contributed by atoms with Crippen LogP contribution in [0.1, 0.15) is 31.7 Å². The number of nitrogens with one attached hydrogen (secondary N) is 2. The molecule has 132 valence electrons. The second-order valence-electron chi connectivity index (χ2n) is 6.06. The molecule has 5 nitrogen and oxygen atoms in total. The molecule has 0 aromatic heterocycles. The molecule has 0 saturated carbocycles. The molecule has 1 fully saturated rings. The minimum Gasteiger partial charge on any atom is -0.352 e. The second-order valence-corrected chi connectivity index (χ2v) is 6.90. The second kappa shape index (κ2) is 9.14. The number of rotatable bonds is 5. The number of nitrogens with zero attached hydrogens (tertiary/aromatic N) is 1. The van der Waals surface area contributed by atoms with Crippen molar-refractivity contribution < 1.29 is 9.59 Å². The van der Waals surface area contributed by atoms with E-state index >= 15 is 0 Å². The van der Waals surface area contributed by atoms with Crippen LogP contribution in [-0.2, 0) is 11.2 Å². The normalized spacial score (nSPS) is 17.5. The van der Waals surface area contributed by atoms with Gasteiger partial charge in [-0.05, 0) is 43.4 Å². The van der Waals surface area contributed by atoms with Gasteiger partial charge in [0.15, 0.2) is 0 Å². The molecule has 0 bridgehead atoms. The number of halogens is 2. The summed E-state index contributed by atoms with van der Waals surface area (Å²) in [5, 5.41) is 7.09. The van der Waals surface area contributed by atoms with E-state index in [9.17, 15) is 9.59 Å². The monoisotopic (exact) mass is 371 g/mol. The van der Waals surface area contributed by atoms with Gasteiger partial charge in [-0.2, -0.15) is 0 Å². The number of urea groups is 1. The van der Waals surface area contributed by atoms with Gasteiger partial charge in [-0.1, -0.05) is 29.3 Å². The Bertz CT molecular complexity index is 595. The SMILES string of the molecule is CC(=O)NC1CCCN(C(=O)NCCCc2ccc(Cl)cc2Cl)C1. The van der Waals surface area contributed by atoms with Crippen molar-refractivity contribution in [3.63, 3.8) is 0 Å². The van der Waals surface area contributed by atoms with Gasteiger partial charge < -0.3 is 15.5 Å². The van der Waals surface area contributed by atoms with Gasteiger partial charge in [0.25, 0.3) is 0 Å². The first kappa shape index (κ1) is 18.9. The molecule has 0 spiro atoms. The van der Waals surface area contributed by atoms with Crippen LogP contribution in [0.3, 0.4) is 0 Å². The highest BCUT2D eigenvalue weighted by molar-refractivity contribution is 6.35. The molecule has 0 radical (unpaired) electrons. The summed E-state index contributed by atoms with van der Waals surface area (Å²) in [5.74, 6) is -0.0536. The predicted molar refractivity (Wildman–Crippen MR) is 96.6 cm³/mol. The van der Waals surface area contributed by atoms with Crippen molar-refractivity contribution in [3.05, 3.63) is 33.8 Å². The minimum atomic E-state index is -0.0766. The fourth-order valence-corrected chi connectivity index (χ4v) is 3.38. The van der Waals surface area contributed by atoms with E-state index in [2.05, 4.69) is 10.6 Å². The van der Waals surface area contributed by atoms with Crippen LogP contribution in [-0.4, -0.2) is 42.5 Å². The standard InChI is InChI=1S/C17H23Cl2N3O2/c1-12(23)21-15-5-3-9-22(11-15)17(24)20-8-2-4-13-6-7-14(18)10-16(13)19/h6-7,10,15H,2-5,8-9,11H2,1H3,(H,20,24)(H,21,23). The van der Waals surface area contributed by atoms with E-state index in [0.717, 1.165) is 37.8 Å². The summed E-state index contributed by atoms with van der Waals surface area (Å²) in [7, 11) is 0. The van der Waals surface area contributed by atoms with Crippen LogP contribution in [0.2, 0.25) is 10.0 Å². The van der Waals surface area contributed by atoms with E-state index in [1.165, 1.54) is 6.92 Å². The highest BCUT2D eigenvalue weighted by Gasteiger charge is 2.23. The lowest BCUT2D eigenvalue weighted by Crippen LogP contribution is -2.52. The van der Waals surface area contributed by atoms with Crippen molar-refractivity contribution >= 4 is 35.1 Å². The Morgan fingerprint density at radius 2 is 2.12 bits per heavy atom. The molecule has 2 rings (SSSR count). The number of likely N-dealkylation sites (tertiary alicyclic amines) is 1. The number of benzene rings is 1. The van der Waals surface area contributed by atoms with Crippen LogP contribution in [0, 0.1) is 0 Å². The van der Waals surface area contributed by atoms with E-state index in [-0.39, 0.29) is 18.0 Å². The first-order valence-electron chi connectivity index (χ1n) is 8.19. The molecule has 1 aliphatic rings. The molecule has 1 unspecified atom stereocenters. The molecule has 1 atom stereocenters. The minimum absolute atomic E-state index is 0.0508. The van der Waals surface area contributed by atoms with Crippen LogP contribution in [0.15, 0.2) is 18.2 Å². The summed E-state index contributed by atoms with van der Waals surface area (Å²) in [4.78, 5) is 25.1. The predicted octanol–water partition coefficient (Wildman–Crippen LogP) is 3.24. The van der Waals surface area contributed by atoms with Gasteiger partial charge in [-0.3, -0.25) is 4.79 Å². The van der Waals surface area contributed by atoms with Gasteiger partial charge in [0, 0.05) is 42.6 Å². The third-order valence-electron chi connectivity index (χ3n) is 4.03. The van der Waals surface area contributed by atoms with Crippen LogP contribution in [0.25, 0.3) is 0 Å². The molecule has 1 aliphatic heterocycles. The Kier molecular flexibility index (Phi) is 7.18. The zero-order valence-electron chi connectivity index (χ0n) is 13.8. The van der Waals surface area contributed by atoms with Crippen LogP contribution >= 0.6 is 23.2 Å². The molecule has 1 heterocycles. The van der Waals surface area contributed by atoms with Crippen molar-refractivity contribution in [3.8, 4) is 0 Å². The third-order valence-corrected chi connectivity index (χ3v) is 4.62. The number of hydrogen-bond donors (Lipinski definition) is 2. The Morgan fingerprint density at radius 1 is 1.33 bits per heavy atom. The number of amides is 3. The number of carbonyl (C=O) groups excluding carboxylic acids is 2. The van der Waals surface area contributed by atoms with Crippen molar-refractivity contribution in [2.75, 3.05) is 19.6 Å². The first-order valence-corrected chi connectivity index (χ1v) is 8.95. The lowest BCUT2D eigenvalue weighted by molar-refractivity contribution is -0.119. The number of carbonyl (C=O) groups is 2. The summed E-state index contributed by atoms with van der Waals surface area (Å²) in [6.07, 6.45) is 3.40. The molecular formula is C17H23Cl2N3O2. The van der Waals surface area contributed by atoms with Crippen molar-refractivity contribution in [1.82, 2.24) is 15.5 Å². The summed E-state index contributed by atoms with van der Waals surface area (Å²) in [5.41, 5.74) is 1.03. The molecule has 1 saturated heterocycles. The topological polar surface area (TPSA) is 61.4 Å². The van der Waals surface area contributed by atoms with Gasteiger partial charge in [-0.25, -0.2) is 4.79 Å². The van der Waals surface area contributed by atoms with E-state index in [1.54, 1.807) is 11.0 Å². The van der Waals surface area contributed by atoms with Crippen LogP contribution in [0.4, 0.5) is 4.79 Å². The lowest BCUT2D eigenvalue weighted by Gasteiger charge is -2.33. The quantitative estimate of drug-likeness (QED) is 0.780. The van der Waals surface area contributed by atoms with Gasteiger partial charge in [0.1, 0.15) is 0 Å². The van der Waals surface area contributed by atoms with Crippen molar-refractivity contribution in [1.29, 1.82) is 0 Å². The number of hydrogen-bond acceptors (Lipinski definition) is 2. The van der Waals surface area contributed by atoms with Gasteiger partial charge in [0.2, 0.25) is 5.91 Å². The highest BCUT2D eigenvalue weighted by atomic mass is 35.5. The third kappa shape index (κ3) is 5.87. The van der Waals surface area contributed by atoms with Crippen LogP contribution < -0.4 is 10.6 Å². The zero-order valence-corrected chi connectivity index (χ0v) is 15.3. The number of aryl methyl sites for hydroxylation is 1. The summed E-state index contributed by atoms with van der Waals surface area (Å²) >= 11 is 12.0. The maximum atomic E-state index is 12.2. The lowest BCUT2D eigenvalue weighted by atomic mass is 10.1. The van der Waals surface area contributed by atoms with Gasteiger partial charge in [0.05, 0.1) is 0 Å². The summed E-state index contributed by atoms with van der Waals surface area (Å²) in [6.45, 7) is 3.37. The average Bonchev–Trinajstić information content (AvgIpc) is 2.52. The summed E-state index contributed by atoms with van der Waals surface area (Å²) < 4.78 is 0. The van der Waals surface area contributed by atoms with Crippen LogP contribution in [0.5, 0.6) is 0 Å². The molecule has 1 aromatic rings. The zero-order chi connectivity index (χ0) is 17.5. The molecule has 3 amide bonds. The fraction of sp³-hybridized carbons (Fsp3) is 0.529. The van der Waals surface area contributed by atoms with E-state index < -0.39 is 0 Å². The maximum Gasteiger partial charge on any atom is 0.317 e. The van der Waals surface area contributed by atoms with E-state index in [1.807, 2.05) is 12.1 Å². The molecule has 0 aliphatic carbocycles. The van der Waals surface area contributed by atoms with E-state index in [4.69, 9.17) is 23.2 Å². The Morgan fingerprint density at radius 3 is 2.83 bits per heavy atom. The largest absolute Gasteiger partial charge is 0.352 e. The van der Waals surface area contributed by atoms with Gasteiger partial charge >= 0.3 is 6.03 Å². The first-order chi connectivity index (χ1) is 11.5. The molecule has 7 heteroatoms. The van der Waals surface area contributed by atoms with Crippen molar-refractivity contribution in [2.24, 2.45) is 0 Å². The fourth-order valence-electron chi connectivity index (χ4n) is 2.88. The Balaban J connectivity index is 1.71. The summed E-state index contributed by atoms with van der Waals surface area (Å²) in [6, 6.07) is 5.43. The average molecular weight is 372 g/mol. The molecular weight excluding hydrogens is 349 g/mol. The van der Waals surface area contributed by atoms with E-state index in [0.29, 0.717) is 23.1 Å². The highest BCUT2D eigenvalue weighted by Crippen LogP contribution is 2.21.